The van der Waals surface area contributed by atoms with Crippen LogP contribution < -0.4 is 5.32 Å². The molecule has 3 heterocycles. The van der Waals surface area contributed by atoms with Crippen LogP contribution in [0.3, 0.4) is 0 Å². The fourth-order valence-corrected chi connectivity index (χ4v) is 3.57. The van der Waals surface area contributed by atoms with E-state index in [4.69, 9.17) is 4.98 Å². The molecule has 0 amide bonds. The lowest BCUT2D eigenvalue weighted by molar-refractivity contribution is 0.165. The second-order valence-corrected chi connectivity index (χ2v) is 6.38. The van der Waals surface area contributed by atoms with Crippen molar-refractivity contribution in [3.63, 3.8) is 0 Å². The van der Waals surface area contributed by atoms with Gasteiger partial charge in [-0.25, -0.2) is 4.98 Å². The second-order valence-electron chi connectivity index (χ2n) is 5.52. The van der Waals surface area contributed by atoms with Crippen molar-refractivity contribution in [2.24, 2.45) is 0 Å². The summed E-state index contributed by atoms with van der Waals surface area (Å²) in [7, 11) is 0. The highest BCUT2D eigenvalue weighted by molar-refractivity contribution is 7.13. The summed E-state index contributed by atoms with van der Waals surface area (Å²) in [5, 5.41) is 6.72. The van der Waals surface area contributed by atoms with Gasteiger partial charge in [0.2, 0.25) is 0 Å². The Balaban J connectivity index is 1.68. The Bertz CT molecular complexity index is 544. The first kappa shape index (κ1) is 13.7. The lowest BCUT2D eigenvalue weighted by Gasteiger charge is -2.35. The predicted octanol–water partition coefficient (Wildman–Crippen LogP) is 2.39. The molecule has 20 heavy (non-hydrogen) atoms. The molecule has 1 aliphatic heterocycles. The molecule has 2 atom stereocenters. The number of hydrogen-bond donors (Lipinski definition) is 1. The van der Waals surface area contributed by atoms with Gasteiger partial charge < -0.3 is 5.32 Å². The molecule has 0 aromatic carbocycles. The Kier molecular flexibility index (Phi) is 4.10. The van der Waals surface area contributed by atoms with E-state index >= 15 is 0 Å². The van der Waals surface area contributed by atoms with Crippen molar-refractivity contribution >= 4 is 11.3 Å². The van der Waals surface area contributed by atoms with Crippen LogP contribution in [-0.2, 0) is 6.54 Å². The summed E-state index contributed by atoms with van der Waals surface area (Å²) in [4.78, 5) is 11.6. The molecule has 2 unspecified atom stereocenters. The minimum Gasteiger partial charge on any atom is -0.309 e. The zero-order valence-electron chi connectivity index (χ0n) is 11.9. The average Bonchev–Trinajstić information content (AvgIpc) is 2.87. The van der Waals surface area contributed by atoms with E-state index in [0.717, 1.165) is 36.0 Å². The van der Waals surface area contributed by atoms with Gasteiger partial charge in [-0.1, -0.05) is 6.07 Å². The summed E-state index contributed by atoms with van der Waals surface area (Å²) in [6, 6.07) is 7.04. The van der Waals surface area contributed by atoms with Crippen molar-refractivity contribution in [3.05, 3.63) is 35.5 Å². The largest absolute Gasteiger partial charge is 0.309 e. The van der Waals surface area contributed by atoms with Crippen LogP contribution in [0.1, 0.15) is 19.5 Å². The SMILES string of the molecule is CC1CN(Cc2csc(-c3ccccn3)n2)CC(C)N1. The Labute approximate surface area is 123 Å². The topological polar surface area (TPSA) is 41.1 Å². The van der Waals surface area contributed by atoms with Crippen LogP contribution in [-0.4, -0.2) is 40.0 Å². The Hall–Kier alpha value is -1.30. The molecule has 2 aromatic heterocycles. The molecular formula is C15H20N4S. The monoisotopic (exact) mass is 288 g/mol. The van der Waals surface area contributed by atoms with Crippen LogP contribution >= 0.6 is 11.3 Å². The molecule has 0 radical (unpaired) electrons. The van der Waals surface area contributed by atoms with E-state index in [9.17, 15) is 0 Å². The maximum atomic E-state index is 4.72. The first-order chi connectivity index (χ1) is 9.70. The van der Waals surface area contributed by atoms with Crippen LogP contribution in [0.15, 0.2) is 29.8 Å². The number of rotatable bonds is 3. The number of thiazole rings is 1. The summed E-state index contributed by atoms with van der Waals surface area (Å²) in [5.41, 5.74) is 2.11. The lowest BCUT2D eigenvalue weighted by Crippen LogP contribution is -2.53. The van der Waals surface area contributed by atoms with E-state index in [-0.39, 0.29) is 0 Å². The minimum atomic E-state index is 0.549. The van der Waals surface area contributed by atoms with Crippen LogP contribution in [0.2, 0.25) is 0 Å². The highest BCUT2D eigenvalue weighted by atomic mass is 32.1. The molecule has 1 aliphatic rings. The van der Waals surface area contributed by atoms with Crippen LogP contribution in [0.5, 0.6) is 0 Å². The summed E-state index contributed by atoms with van der Waals surface area (Å²) >= 11 is 1.68. The predicted molar refractivity (Wildman–Crippen MR) is 82.7 cm³/mol. The third kappa shape index (κ3) is 3.23. The van der Waals surface area contributed by atoms with Crippen molar-refractivity contribution < 1.29 is 0 Å². The average molecular weight is 288 g/mol. The van der Waals surface area contributed by atoms with Crippen molar-refractivity contribution in [2.45, 2.75) is 32.5 Å². The van der Waals surface area contributed by atoms with Gasteiger partial charge in [0, 0.05) is 43.3 Å². The third-order valence-electron chi connectivity index (χ3n) is 3.45. The first-order valence-electron chi connectivity index (χ1n) is 7.05. The number of aromatic nitrogens is 2. The Morgan fingerprint density at radius 3 is 2.80 bits per heavy atom. The quantitative estimate of drug-likeness (QED) is 0.941. The van der Waals surface area contributed by atoms with Crippen LogP contribution in [0.25, 0.3) is 10.7 Å². The van der Waals surface area contributed by atoms with Crippen molar-refractivity contribution in [1.29, 1.82) is 0 Å². The summed E-state index contributed by atoms with van der Waals surface area (Å²) in [5.74, 6) is 0. The smallest absolute Gasteiger partial charge is 0.142 e. The maximum absolute atomic E-state index is 4.72. The molecule has 0 aliphatic carbocycles. The first-order valence-corrected chi connectivity index (χ1v) is 7.93. The zero-order valence-corrected chi connectivity index (χ0v) is 12.7. The Morgan fingerprint density at radius 2 is 2.10 bits per heavy atom. The summed E-state index contributed by atoms with van der Waals surface area (Å²) in [6.45, 7) is 7.58. The number of hydrogen-bond acceptors (Lipinski definition) is 5. The van der Waals surface area contributed by atoms with Gasteiger partial charge in [0.05, 0.1) is 11.4 Å². The fraction of sp³-hybridized carbons (Fsp3) is 0.467. The lowest BCUT2D eigenvalue weighted by atomic mass is 10.1. The minimum absolute atomic E-state index is 0.549. The number of nitrogens with one attached hydrogen (secondary N) is 1. The van der Waals surface area contributed by atoms with E-state index in [1.165, 1.54) is 0 Å². The van der Waals surface area contributed by atoms with E-state index in [1.54, 1.807) is 11.3 Å². The summed E-state index contributed by atoms with van der Waals surface area (Å²) in [6.07, 6.45) is 1.82. The molecule has 0 spiro atoms. The van der Waals surface area contributed by atoms with Gasteiger partial charge in [-0.3, -0.25) is 9.88 Å². The molecule has 4 nitrogen and oxygen atoms in total. The molecule has 1 fully saturated rings. The molecule has 3 rings (SSSR count). The van der Waals surface area contributed by atoms with E-state index in [2.05, 4.69) is 34.4 Å². The van der Waals surface area contributed by atoms with Gasteiger partial charge in [-0.15, -0.1) is 11.3 Å². The molecule has 5 heteroatoms. The highest BCUT2D eigenvalue weighted by Crippen LogP contribution is 2.22. The molecular weight excluding hydrogens is 268 g/mol. The standard InChI is InChI=1S/C15H20N4S/c1-11-7-19(8-12(2)17-11)9-13-10-20-15(18-13)14-5-3-4-6-16-14/h3-6,10-12,17H,7-9H2,1-2H3. The van der Waals surface area contributed by atoms with Gasteiger partial charge in [0.15, 0.2) is 0 Å². The van der Waals surface area contributed by atoms with Crippen LogP contribution in [0.4, 0.5) is 0 Å². The summed E-state index contributed by atoms with van der Waals surface area (Å²) < 4.78 is 0. The van der Waals surface area contributed by atoms with Crippen molar-refractivity contribution in [3.8, 4) is 10.7 Å². The van der Waals surface area contributed by atoms with E-state index < -0.39 is 0 Å². The molecule has 1 saturated heterocycles. The second kappa shape index (κ2) is 5.99. The van der Waals surface area contributed by atoms with Crippen LogP contribution in [0, 0.1) is 0 Å². The fourth-order valence-electron chi connectivity index (χ4n) is 2.78. The van der Waals surface area contributed by atoms with E-state index in [0.29, 0.717) is 12.1 Å². The van der Waals surface area contributed by atoms with Crippen molar-refractivity contribution in [2.75, 3.05) is 13.1 Å². The van der Waals surface area contributed by atoms with E-state index in [1.807, 2.05) is 24.4 Å². The highest BCUT2D eigenvalue weighted by Gasteiger charge is 2.21. The number of piperazine rings is 1. The molecule has 1 N–H and O–H groups in total. The molecule has 0 bridgehead atoms. The Morgan fingerprint density at radius 1 is 1.30 bits per heavy atom. The number of pyridine rings is 1. The van der Waals surface area contributed by atoms with Gasteiger partial charge in [-0.2, -0.15) is 0 Å². The maximum Gasteiger partial charge on any atom is 0.142 e. The van der Waals surface area contributed by atoms with Gasteiger partial charge in [-0.05, 0) is 26.0 Å². The third-order valence-corrected chi connectivity index (χ3v) is 4.37. The van der Waals surface area contributed by atoms with Gasteiger partial charge in [0.25, 0.3) is 0 Å². The molecule has 0 saturated carbocycles. The van der Waals surface area contributed by atoms with Crippen molar-refractivity contribution in [1.82, 2.24) is 20.2 Å². The van der Waals surface area contributed by atoms with Gasteiger partial charge >= 0.3 is 0 Å². The normalized spacial score (nSPS) is 23.9. The zero-order chi connectivity index (χ0) is 13.9. The molecule has 2 aromatic rings. The molecule has 106 valence electrons. The number of nitrogens with zero attached hydrogens (tertiary/aromatic N) is 3. The van der Waals surface area contributed by atoms with Gasteiger partial charge in [0.1, 0.15) is 5.01 Å².